The Labute approximate surface area is 40.1 Å². The van der Waals surface area contributed by atoms with Crippen LogP contribution < -0.4 is 0 Å². The second-order valence-electron chi connectivity index (χ2n) is 2.29. The van der Waals surface area contributed by atoms with Gasteiger partial charge in [0.2, 0.25) is 0 Å². The van der Waals surface area contributed by atoms with E-state index in [0.717, 1.165) is 0 Å². The summed E-state index contributed by atoms with van der Waals surface area (Å²) in [5.74, 6) is 0. The summed E-state index contributed by atoms with van der Waals surface area (Å²) in [6, 6.07) is 0. The molecule has 4 aliphatic rings. The van der Waals surface area contributed by atoms with Crippen LogP contribution in [-0.2, 0) is 0 Å². The molecule has 4 rings (SSSR count). The maximum Gasteiger partial charge on any atom is 0.0754 e. The first-order valence-electron chi connectivity index (χ1n) is 2.40. The lowest BCUT2D eigenvalue weighted by atomic mass is 11.0. The van der Waals surface area contributed by atoms with Crippen molar-refractivity contribution in [3.8, 4) is 0 Å². The molecule has 2 radical (unpaired) electrons. The van der Waals surface area contributed by atoms with E-state index in [-0.39, 0.29) is 0 Å². The molecule has 0 unspecified atom stereocenters. The van der Waals surface area contributed by atoms with Crippen LogP contribution in [0.4, 0.5) is 0 Å². The fourth-order valence-corrected chi connectivity index (χ4v) is 11.8. The maximum absolute atomic E-state index is 2.54. The molecular weight excluding hydrogens is 104 g/mol. The van der Waals surface area contributed by atoms with Gasteiger partial charge in [-0.25, -0.2) is 0 Å². The average Bonchev–Trinajstić information content (AvgIpc) is 2.30. The quantitative estimate of drug-likeness (QED) is 0.396. The molecule has 4 heterocycles. The zero-order valence-corrected chi connectivity index (χ0v) is 5.31. The summed E-state index contributed by atoms with van der Waals surface area (Å²) in [6.45, 7) is 0. The molecule has 0 aromatic heterocycles. The van der Waals surface area contributed by atoms with Gasteiger partial charge in [0.1, 0.15) is 0 Å². The topological polar surface area (TPSA) is 0 Å². The number of hydrogen-bond acceptors (Lipinski definition) is 0. The maximum atomic E-state index is 2.54. The van der Waals surface area contributed by atoms with E-state index < -0.39 is 0 Å². The largest absolute Gasteiger partial charge is 0.104 e. The molecule has 0 atom stereocenters. The highest BCUT2D eigenvalue weighted by molar-refractivity contribution is 7.22. The summed E-state index contributed by atoms with van der Waals surface area (Å²) in [5.41, 5.74) is 5.07. The molecule has 2 heteroatoms. The van der Waals surface area contributed by atoms with Crippen LogP contribution in [0, 0.1) is 0 Å². The zero-order valence-electron chi connectivity index (χ0n) is 3.31. The highest BCUT2D eigenvalue weighted by Crippen LogP contribution is 2.75. The standard InChI is InChI=1S/C4H4Si2/c1-2-6-3-4(6)5(1)3/h1-4H. The first-order chi connectivity index (χ1) is 2.98. The van der Waals surface area contributed by atoms with Gasteiger partial charge in [0.05, 0.1) is 17.6 Å². The Morgan fingerprint density at radius 1 is 1.00 bits per heavy atom. The number of rotatable bonds is 0. The lowest BCUT2D eigenvalue weighted by Crippen LogP contribution is -1.98. The van der Waals surface area contributed by atoms with Crippen LogP contribution in [0.1, 0.15) is 0 Å². The number of hydrogen-bond donors (Lipinski definition) is 0. The minimum atomic E-state index is 0.334. The average molecular weight is 108 g/mol. The van der Waals surface area contributed by atoms with Gasteiger partial charge < -0.3 is 0 Å². The van der Waals surface area contributed by atoms with Gasteiger partial charge in [-0.1, -0.05) is 0 Å². The summed E-state index contributed by atoms with van der Waals surface area (Å²) < 4.78 is 0. The van der Waals surface area contributed by atoms with Gasteiger partial charge in [-0.15, -0.1) is 11.4 Å². The molecule has 0 aromatic carbocycles. The highest BCUT2D eigenvalue weighted by atomic mass is 28.4. The molecule has 28 valence electrons. The molecule has 2 bridgehead atoms. The van der Waals surface area contributed by atoms with Crippen molar-refractivity contribution in [3.05, 3.63) is 11.4 Å². The SMILES string of the molecule is C1=C[Si]2C3C2[Si]13. The van der Waals surface area contributed by atoms with Crippen molar-refractivity contribution in [2.24, 2.45) is 0 Å². The third kappa shape index (κ3) is 0.0938. The first kappa shape index (κ1) is 2.47. The van der Waals surface area contributed by atoms with Gasteiger partial charge in [0.15, 0.2) is 0 Å². The third-order valence-electron chi connectivity index (χ3n) is 2.02. The van der Waals surface area contributed by atoms with Crippen LogP contribution >= 0.6 is 0 Å². The second kappa shape index (κ2) is 0.449. The van der Waals surface area contributed by atoms with Crippen molar-refractivity contribution in [1.29, 1.82) is 0 Å². The van der Waals surface area contributed by atoms with Crippen LogP contribution in [-0.4, -0.2) is 17.6 Å². The molecule has 0 amide bonds. The van der Waals surface area contributed by atoms with E-state index >= 15 is 0 Å². The van der Waals surface area contributed by atoms with E-state index in [0.29, 0.717) is 17.6 Å². The third-order valence-corrected chi connectivity index (χ3v) is 11.6. The molecule has 4 aliphatic heterocycles. The van der Waals surface area contributed by atoms with Crippen molar-refractivity contribution in [3.63, 3.8) is 0 Å². The Morgan fingerprint density at radius 2 is 1.50 bits per heavy atom. The van der Waals surface area contributed by atoms with Crippen LogP contribution in [0.3, 0.4) is 0 Å². The molecular formula is C4H4Si2. The smallest absolute Gasteiger partial charge is 0.0754 e. The molecule has 0 spiro atoms. The normalized spacial score (nSPS) is 59.3. The van der Waals surface area contributed by atoms with Gasteiger partial charge in [-0.2, -0.15) is 0 Å². The lowest BCUT2D eigenvalue weighted by Gasteiger charge is -1.80. The molecule has 0 aliphatic carbocycles. The Balaban J connectivity index is 2.35. The molecule has 0 nitrogen and oxygen atoms in total. The van der Waals surface area contributed by atoms with E-state index in [9.17, 15) is 0 Å². The van der Waals surface area contributed by atoms with Crippen molar-refractivity contribution >= 4 is 17.6 Å². The van der Waals surface area contributed by atoms with Crippen LogP contribution in [0.5, 0.6) is 0 Å². The molecule has 6 heavy (non-hydrogen) atoms. The van der Waals surface area contributed by atoms with E-state index in [4.69, 9.17) is 0 Å². The predicted molar refractivity (Wildman–Crippen MR) is 28.1 cm³/mol. The molecule has 0 N–H and O–H groups in total. The molecule has 0 aromatic rings. The zero-order chi connectivity index (χ0) is 3.72. The minimum Gasteiger partial charge on any atom is -0.104 e. The van der Waals surface area contributed by atoms with E-state index in [1.165, 1.54) is 10.3 Å². The van der Waals surface area contributed by atoms with Crippen molar-refractivity contribution in [2.45, 2.75) is 10.3 Å². The van der Waals surface area contributed by atoms with Crippen molar-refractivity contribution in [2.75, 3.05) is 0 Å². The van der Waals surface area contributed by atoms with Gasteiger partial charge in [0, 0.05) is 0 Å². The van der Waals surface area contributed by atoms with Gasteiger partial charge in [-0.05, 0) is 10.3 Å². The summed E-state index contributed by atoms with van der Waals surface area (Å²) in [7, 11) is 0.669. The minimum absolute atomic E-state index is 0.334. The summed E-state index contributed by atoms with van der Waals surface area (Å²) >= 11 is 0. The highest BCUT2D eigenvalue weighted by Gasteiger charge is 2.76. The van der Waals surface area contributed by atoms with Gasteiger partial charge >= 0.3 is 0 Å². The second-order valence-corrected chi connectivity index (χ2v) is 8.60. The first-order valence-corrected chi connectivity index (χ1v) is 5.86. The lowest BCUT2D eigenvalue weighted by molar-refractivity contribution is 1.69. The molecule has 2 fully saturated rings. The molecule has 2 saturated heterocycles. The Hall–Kier alpha value is 0.174. The Morgan fingerprint density at radius 3 is 1.67 bits per heavy atom. The van der Waals surface area contributed by atoms with E-state index in [1.54, 1.807) is 0 Å². The predicted octanol–water partition coefficient (Wildman–Crippen LogP) is 0.470. The summed E-state index contributed by atoms with van der Waals surface area (Å²) in [5, 5.41) is 2.78. The molecule has 0 saturated carbocycles. The Kier molecular flexibility index (Phi) is 0.185. The van der Waals surface area contributed by atoms with Crippen molar-refractivity contribution in [1.82, 2.24) is 0 Å². The summed E-state index contributed by atoms with van der Waals surface area (Å²) in [6.07, 6.45) is 0. The Bertz CT molecular complexity index is 116. The summed E-state index contributed by atoms with van der Waals surface area (Å²) in [4.78, 5) is 0. The van der Waals surface area contributed by atoms with Gasteiger partial charge in [0.25, 0.3) is 0 Å². The van der Waals surface area contributed by atoms with Crippen LogP contribution in [0.25, 0.3) is 0 Å². The fraction of sp³-hybridized carbons (Fsp3) is 0.500. The van der Waals surface area contributed by atoms with E-state index in [1.807, 2.05) is 0 Å². The van der Waals surface area contributed by atoms with Gasteiger partial charge in [-0.3, -0.25) is 0 Å². The fourth-order valence-electron chi connectivity index (χ4n) is 1.46. The van der Waals surface area contributed by atoms with Crippen molar-refractivity contribution < 1.29 is 0 Å². The van der Waals surface area contributed by atoms with Crippen LogP contribution in [0.15, 0.2) is 11.4 Å². The van der Waals surface area contributed by atoms with Crippen LogP contribution in [0.2, 0.25) is 10.3 Å². The van der Waals surface area contributed by atoms with E-state index in [2.05, 4.69) is 11.4 Å². The monoisotopic (exact) mass is 108 g/mol.